The lowest BCUT2D eigenvalue weighted by Crippen LogP contribution is -2.67. The minimum Gasteiger partial charge on any atom is -0.444 e. The highest BCUT2D eigenvalue weighted by Crippen LogP contribution is 2.26. The summed E-state index contributed by atoms with van der Waals surface area (Å²) in [6.45, 7) is 7.60. The summed E-state index contributed by atoms with van der Waals surface area (Å²) in [5.74, 6) is 0. The molecule has 0 saturated carbocycles. The van der Waals surface area contributed by atoms with Crippen molar-refractivity contribution in [3.8, 4) is 0 Å². The first kappa shape index (κ1) is 15.2. The van der Waals surface area contributed by atoms with Crippen molar-refractivity contribution in [2.24, 2.45) is 0 Å². The molecule has 0 aromatic carbocycles. The quantitative estimate of drug-likeness (QED) is 0.752. The molecule has 0 aromatic heterocycles. The predicted octanol–water partition coefficient (Wildman–Crippen LogP) is 0.886. The molecule has 1 heterocycles. The van der Waals surface area contributed by atoms with Crippen molar-refractivity contribution in [2.45, 2.75) is 45.4 Å². The molecular weight excluding hydrogens is 256 g/mol. The molecule has 0 aliphatic carbocycles. The van der Waals surface area contributed by atoms with Gasteiger partial charge >= 0.3 is 6.09 Å². The lowest BCUT2D eigenvalue weighted by atomic mass is 9.99. The summed E-state index contributed by atoms with van der Waals surface area (Å²) in [4.78, 5) is 13.3. The molecule has 0 radical (unpaired) electrons. The monoisotopic (exact) mass is 278 g/mol. The molecule has 1 rings (SSSR count). The molecule has 0 spiro atoms. The average molecular weight is 278 g/mol. The van der Waals surface area contributed by atoms with Crippen molar-refractivity contribution in [3.63, 3.8) is 0 Å². The summed E-state index contributed by atoms with van der Waals surface area (Å²) in [6, 6.07) is -0.341. The SMILES string of the molecule is C[C@H]1C(N(C)S(C)(=O)=O)CN1C(=O)OC(C)(C)C. The summed E-state index contributed by atoms with van der Waals surface area (Å²) in [5.41, 5.74) is -0.537. The van der Waals surface area contributed by atoms with Crippen molar-refractivity contribution in [3.05, 3.63) is 0 Å². The van der Waals surface area contributed by atoms with Crippen LogP contribution < -0.4 is 0 Å². The van der Waals surface area contributed by atoms with Crippen molar-refractivity contribution < 1.29 is 17.9 Å². The third-order valence-corrected chi connectivity index (χ3v) is 4.37. The number of sulfonamides is 1. The van der Waals surface area contributed by atoms with Gasteiger partial charge in [-0.1, -0.05) is 0 Å². The molecule has 106 valence electrons. The Bertz CT molecular complexity index is 427. The van der Waals surface area contributed by atoms with Crippen molar-refractivity contribution in [2.75, 3.05) is 19.8 Å². The molecule has 1 amide bonds. The molecule has 1 aliphatic heterocycles. The maximum atomic E-state index is 11.8. The molecule has 0 aromatic rings. The lowest BCUT2D eigenvalue weighted by molar-refractivity contribution is -0.0246. The van der Waals surface area contributed by atoms with E-state index >= 15 is 0 Å². The largest absolute Gasteiger partial charge is 0.444 e. The summed E-state index contributed by atoms with van der Waals surface area (Å²) < 4.78 is 29.4. The van der Waals surface area contributed by atoms with E-state index in [1.54, 1.807) is 20.8 Å². The minimum atomic E-state index is -3.23. The van der Waals surface area contributed by atoms with Crippen molar-refractivity contribution >= 4 is 16.1 Å². The number of likely N-dealkylation sites (tertiary alicyclic amines) is 1. The number of ether oxygens (including phenoxy) is 1. The van der Waals surface area contributed by atoms with Gasteiger partial charge in [0.05, 0.1) is 18.3 Å². The molecule has 1 saturated heterocycles. The highest BCUT2D eigenvalue weighted by atomic mass is 32.2. The van der Waals surface area contributed by atoms with Gasteiger partial charge in [-0.15, -0.1) is 0 Å². The lowest BCUT2D eigenvalue weighted by Gasteiger charge is -2.48. The van der Waals surface area contributed by atoms with E-state index in [9.17, 15) is 13.2 Å². The first-order valence-electron chi connectivity index (χ1n) is 5.86. The molecule has 2 atom stereocenters. The molecule has 1 aliphatic rings. The second kappa shape index (κ2) is 4.70. The molecule has 6 nitrogen and oxygen atoms in total. The highest BCUT2D eigenvalue weighted by molar-refractivity contribution is 7.88. The number of hydrogen-bond donors (Lipinski definition) is 0. The molecule has 18 heavy (non-hydrogen) atoms. The maximum Gasteiger partial charge on any atom is 0.410 e. The van der Waals surface area contributed by atoms with Gasteiger partial charge in [-0.2, -0.15) is 4.31 Å². The Morgan fingerprint density at radius 1 is 1.39 bits per heavy atom. The van der Waals surface area contributed by atoms with Crippen molar-refractivity contribution in [1.29, 1.82) is 0 Å². The topological polar surface area (TPSA) is 66.9 Å². The van der Waals surface area contributed by atoms with E-state index in [1.165, 1.54) is 16.3 Å². The fourth-order valence-corrected chi connectivity index (χ4v) is 2.55. The third kappa shape index (κ3) is 3.35. The normalized spacial score (nSPS) is 24.9. The molecule has 1 fully saturated rings. The average Bonchev–Trinajstić information content (AvgIpc) is 2.10. The van der Waals surface area contributed by atoms with E-state index < -0.39 is 21.7 Å². The zero-order valence-corrected chi connectivity index (χ0v) is 12.6. The van der Waals surface area contributed by atoms with Gasteiger partial charge in [0.2, 0.25) is 10.0 Å². The van der Waals surface area contributed by atoms with E-state index in [0.717, 1.165) is 6.26 Å². The van der Waals surface area contributed by atoms with Gasteiger partial charge in [-0.05, 0) is 27.7 Å². The maximum absolute atomic E-state index is 11.8. The Hall–Kier alpha value is -0.820. The minimum absolute atomic E-state index is 0.167. The van der Waals surface area contributed by atoms with Crippen LogP contribution in [0.15, 0.2) is 0 Å². The van der Waals surface area contributed by atoms with E-state index in [0.29, 0.717) is 6.54 Å². The van der Waals surface area contributed by atoms with E-state index in [2.05, 4.69) is 0 Å². The Labute approximate surface area is 109 Å². The number of hydrogen-bond acceptors (Lipinski definition) is 4. The standard InChI is InChI=1S/C11H22N2O4S/c1-8-9(12(5)18(6,15)16)7-13(8)10(14)17-11(2,3)4/h8-9H,7H2,1-6H3/t8-,9?/m0/s1. The van der Waals surface area contributed by atoms with Crippen LogP contribution in [-0.2, 0) is 14.8 Å². The van der Waals surface area contributed by atoms with E-state index in [-0.39, 0.29) is 12.1 Å². The second-order valence-corrected chi connectivity index (χ2v) is 7.76. The van der Waals surface area contributed by atoms with Gasteiger partial charge in [0.15, 0.2) is 0 Å². The smallest absolute Gasteiger partial charge is 0.410 e. The van der Waals surface area contributed by atoms with Gasteiger partial charge < -0.3 is 9.64 Å². The van der Waals surface area contributed by atoms with Crippen molar-refractivity contribution in [1.82, 2.24) is 9.21 Å². The number of carbonyl (C=O) groups excluding carboxylic acids is 1. The van der Waals surface area contributed by atoms with Crippen LogP contribution in [-0.4, -0.2) is 61.2 Å². The Kier molecular flexibility index (Phi) is 3.97. The number of nitrogens with zero attached hydrogens (tertiary/aromatic N) is 2. The Morgan fingerprint density at radius 3 is 2.22 bits per heavy atom. The summed E-state index contributed by atoms with van der Waals surface area (Å²) >= 11 is 0. The van der Waals surface area contributed by atoms with Gasteiger partial charge in [0.25, 0.3) is 0 Å². The first-order valence-corrected chi connectivity index (χ1v) is 7.71. The van der Waals surface area contributed by atoms with E-state index in [4.69, 9.17) is 4.74 Å². The van der Waals surface area contributed by atoms with Gasteiger partial charge in [-0.3, -0.25) is 0 Å². The Balaban J connectivity index is 2.61. The van der Waals surface area contributed by atoms with Gasteiger partial charge in [0.1, 0.15) is 5.60 Å². The highest BCUT2D eigenvalue weighted by Gasteiger charge is 2.45. The number of rotatable bonds is 2. The van der Waals surface area contributed by atoms with Crippen LogP contribution >= 0.6 is 0 Å². The molecule has 7 heteroatoms. The zero-order valence-electron chi connectivity index (χ0n) is 11.8. The summed E-state index contributed by atoms with van der Waals surface area (Å²) in [7, 11) is -1.69. The van der Waals surface area contributed by atoms with Crippen LogP contribution in [0, 0.1) is 0 Å². The van der Waals surface area contributed by atoms with Gasteiger partial charge in [0, 0.05) is 13.6 Å². The fourth-order valence-electron chi connectivity index (χ4n) is 1.82. The van der Waals surface area contributed by atoms with Crippen LogP contribution in [0.4, 0.5) is 4.79 Å². The van der Waals surface area contributed by atoms with E-state index in [1.807, 2.05) is 6.92 Å². The first-order chi connectivity index (χ1) is 7.93. The van der Waals surface area contributed by atoms with Crippen LogP contribution in [0.2, 0.25) is 0 Å². The molecular formula is C11H22N2O4S. The third-order valence-electron chi connectivity index (χ3n) is 3.05. The Morgan fingerprint density at radius 2 is 1.89 bits per heavy atom. The zero-order chi connectivity index (χ0) is 14.3. The summed E-state index contributed by atoms with van der Waals surface area (Å²) in [5, 5.41) is 0. The van der Waals surface area contributed by atoms with Crippen LogP contribution in [0.1, 0.15) is 27.7 Å². The predicted molar refractivity (Wildman–Crippen MR) is 68.8 cm³/mol. The molecule has 0 bridgehead atoms. The number of amides is 1. The molecule has 0 N–H and O–H groups in total. The number of carbonyl (C=O) groups is 1. The summed E-state index contributed by atoms with van der Waals surface area (Å²) in [6.07, 6.45) is 0.767. The van der Waals surface area contributed by atoms with Crippen LogP contribution in [0.3, 0.4) is 0 Å². The van der Waals surface area contributed by atoms with Gasteiger partial charge in [-0.25, -0.2) is 13.2 Å². The number of likely N-dealkylation sites (N-methyl/N-ethyl adjacent to an activating group) is 1. The van der Waals surface area contributed by atoms with Crippen LogP contribution in [0.25, 0.3) is 0 Å². The fraction of sp³-hybridized carbons (Fsp3) is 0.909. The van der Waals surface area contributed by atoms with Crippen LogP contribution in [0.5, 0.6) is 0 Å². The molecule has 1 unspecified atom stereocenters. The second-order valence-electron chi connectivity index (χ2n) is 5.72.